The molecule has 130 valence electrons. The third kappa shape index (κ3) is 4.35. The molecule has 0 aliphatic carbocycles. The van der Waals surface area contributed by atoms with E-state index in [1.54, 1.807) is 13.8 Å². The predicted molar refractivity (Wildman–Crippen MR) is 82.3 cm³/mol. The number of amides is 1. The summed E-state index contributed by atoms with van der Waals surface area (Å²) in [5, 5.41) is 6.28. The van der Waals surface area contributed by atoms with E-state index in [-0.39, 0.29) is 18.7 Å². The van der Waals surface area contributed by atoms with Crippen LogP contribution in [0, 0.1) is 13.8 Å². The second-order valence-electron chi connectivity index (χ2n) is 5.47. The monoisotopic (exact) mass is 341 g/mol. The van der Waals surface area contributed by atoms with E-state index in [1.807, 2.05) is 0 Å². The number of hydrogen-bond donors (Lipinski definition) is 2. The van der Waals surface area contributed by atoms with E-state index in [1.165, 1.54) is 6.07 Å². The zero-order valence-electron chi connectivity index (χ0n) is 13.3. The molecule has 0 bridgehead atoms. The number of hydrogen-bond acceptors (Lipinski definition) is 4. The number of carbonyl (C=O) groups is 1. The lowest BCUT2D eigenvalue weighted by atomic mass is 10.1. The third-order valence-electron chi connectivity index (χ3n) is 3.62. The number of nitrogens with zero attached hydrogens (tertiary/aromatic N) is 1. The summed E-state index contributed by atoms with van der Waals surface area (Å²) in [7, 11) is 0. The van der Waals surface area contributed by atoms with Gasteiger partial charge in [0.15, 0.2) is 0 Å². The highest BCUT2D eigenvalue weighted by molar-refractivity contribution is 5.91. The van der Waals surface area contributed by atoms with Crippen molar-refractivity contribution >= 4 is 11.6 Å². The van der Waals surface area contributed by atoms with Gasteiger partial charge in [-0.25, -0.2) is 0 Å². The molecule has 1 heterocycles. The first kappa shape index (κ1) is 18.0. The first-order valence-corrected chi connectivity index (χ1v) is 7.33. The number of benzene rings is 1. The third-order valence-corrected chi connectivity index (χ3v) is 3.62. The van der Waals surface area contributed by atoms with Crippen molar-refractivity contribution in [2.24, 2.45) is 5.73 Å². The zero-order valence-corrected chi connectivity index (χ0v) is 13.3. The SMILES string of the molecule is Cc1noc(C)c1CCC(=O)Nc1cc(CN)cc(C(F)(F)F)c1. The van der Waals surface area contributed by atoms with Crippen molar-refractivity contribution in [3.05, 3.63) is 46.3 Å². The van der Waals surface area contributed by atoms with Crippen LogP contribution in [0.25, 0.3) is 0 Å². The van der Waals surface area contributed by atoms with Gasteiger partial charge in [0, 0.05) is 24.2 Å². The van der Waals surface area contributed by atoms with Gasteiger partial charge in [-0.2, -0.15) is 13.2 Å². The first-order valence-electron chi connectivity index (χ1n) is 7.33. The molecule has 0 aliphatic heterocycles. The molecule has 1 amide bonds. The standard InChI is InChI=1S/C16H18F3N3O2/c1-9-14(10(2)24-22-9)3-4-15(23)21-13-6-11(8-20)5-12(7-13)16(17,18)19/h5-7H,3-4,8,20H2,1-2H3,(H,21,23). The molecular weight excluding hydrogens is 323 g/mol. The minimum atomic E-state index is -4.50. The zero-order chi connectivity index (χ0) is 17.9. The lowest BCUT2D eigenvalue weighted by Crippen LogP contribution is -2.15. The Hall–Kier alpha value is -2.35. The van der Waals surface area contributed by atoms with Crippen molar-refractivity contribution in [3.63, 3.8) is 0 Å². The second kappa shape index (κ2) is 7.04. The fourth-order valence-corrected chi connectivity index (χ4v) is 2.37. The van der Waals surface area contributed by atoms with Gasteiger partial charge in [0.25, 0.3) is 0 Å². The molecule has 2 rings (SSSR count). The number of alkyl halides is 3. The topological polar surface area (TPSA) is 81.2 Å². The molecule has 0 spiro atoms. The number of aromatic nitrogens is 1. The summed E-state index contributed by atoms with van der Waals surface area (Å²) in [6.45, 7) is 3.46. The van der Waals surface area contributed by atoms with Gasteiger partial charge in [-0.3, -0.25) is 4.79 Å². The number of anilines is 1. The lowest BCUT2D eigenvalue weighted by molar-refractivity contribution is -0.137. The van der Waals surface area contributed by atoms with Crippen molar-refractivity contribution in [2.45, 2.75) is 39.4 Å². The van der Waals surface area contributed by atoms with Crippen molar-refractivity contribution in [3.8, 4) is 0 Å². The van der Waals surface area contributed by atoms with E-state index in [0.29, 0.717) is 23.4 Å². The van der Waals surface area contributed by atoms with Gasteiger partial charge in [-0.05, 0) is 44.0 Å². The number of rotatable bonds is 5. The Morgan fingerprint density at radius 3 is 2.54 bits per heavy atom. The van der Waals surface area contributed by atoms with E-state index in [2.05, 4.69) is 10.5 Å². The largest absolute Gasteiger partial charge is 0.416 e. The van der Waals surface area contributed by atoms with Crippen molar-refractivity contribution < 1.29 is 22.5 Å². The number of carbonyl (C=O) groups excluding carboxylic acids is 1. The molecule has 0 radical (unpaired) electrons. The summed E-state index contributed by atoms with van der Waals surface area (Å²) in [6.07, 6.45) is -3.99. The molecule has 5 nitrogen and oxygen atoms in total. The van der Waals surface area contributed by atoms with Crippen LogP contribution in [0.3, 0.4) is 0 Å². The quantitative estimate of drug-likeness (QED) is 0.874. The maximum absolute atomic E-state index is 12.9. The van der Waals surface area contributed by atoms with Crippen LogP contribution in [0.1, 0.15) is 34.6 Å². The normalized spacial score (nSPS) is 11.6. The Labute approximate surface area is 137 Å². The highest BCUT2D eigenvalue weighted by Gasteiger charge is 2.31. The maximum Gasteiger partial charge on any atom is 0.416 e. The Morgan fingerprint density at radius 2 is 2.00 bits per heavy atom. The molecule has 0 fully saturated rings. The van der Waals surface area contributed by atoms with Crippen LogP contribution < -0.4 is 11.1 Å². The highest BCUT2D eigenvalue weighted by atomic mass is 19.4. The summed E-state index contributed by atoms with van der Waals surface area (Å²) < 4.78 is 43.6. The average molecular weight is 341 g/mol. The maximum atomic E-state index is 12.9. The summed E-state index contributed by atoms with van der Waals surface area (Å²) in [5.74, 6) is 0.238. The first-order chi connectivity index (χ1) is 11.2. The lowest BCUT2D eigenvalue weighted by Gasteiger charge is -2.12. The van der Waals surface area contributed by atoms with Gasteiger partial charge >= 0.3 is 6.18 Å². The Morgan fingerprint density at radius 1 is 1.29 bits per heavy atom. The average Bonchev–Trinajstić information content (AvgIpc) is 2.82. The van der Waals surface area contributed by atoms with Crippen LogP contribution in [0.4, 0.5) is 18.9 Å². The highest BCUT2D eigenvalue weighted by Crippen LogP contribution is 2.32. The van der Waals surface area contributed by atoms with E-state index in [9.17, 15) is 18.0 Å². The van der Waals surface area contributed by atoms with Crippen molar-refractivity contribution in [1.29, 1.82) is 0 Å². The fraction of sp³-hybridized carbons (Fsp3) is 0.375. The van der Waals surface area contributed by atoms with Gasteiger partial charge in [-0.1, -0.05) is 5.16 Å². The molecular formula is C16H18F3N3O2. The van der Waals surface area contributed by atoms with E-state index >= 15 is 0 Å². The van der Waals surface area contributed by atoms with Crippen LogP contribution in [-0.2, 0) is 23.9 Å². The summed E-state index contributed by atoms with van der Waals surface area (Å²) in [4.78, 5) is 12.0. The molecule has 24 heavy (non-hydrogen) atoms. The summed E-state index contributed by atoms with van der Waals surface area (Å²) >= 11 is 0. The summed E-state index contributed by atoms with van der Waals surface area (Å²) in [6, 6.07) is 3.30. The minimum Gasteiger partial charge on any atom is -0.361 e. The fourth-order valence-electron chi connectivity index (χ4n) is 2.37. The Bertz CT molecular complexity index is 719. The van der Waals surface area contributed by atoms with Gasteiger partial charge in [0.05, 0.1) is 11.3 Å². The van der Waals surface area contributed by atoms with E-state index < -0.39 is 17.6 Å². The minimum absolute atomic E-state index is 0.0497. The van der Waals surface area contributed by atoms with Crippen LogP contribution in [0.5, 0.6) is 0 Å². The Balaban J connectivity index is 2.08. The number of aryl methyl sites for hydroxylation is 2. The second-order valence-corrected chi connectivity index (χ2v) is 5.47. The number of halogens is 3. The van der Waals surface area contributed by atoms with E-state index in [0.717, 1.165) is 17.7 Å². The molecule has 3 N–H and O–H groups in total. The molecule has 1 aromatic carbocycles. The van der Waals surface area contributed by atoms with Gasteiger partial charge in [-0.15, -0.1) is 0 Å². The molecule has 2 aromatic rings. The molecule has 0 saturated heterocycles. The number of nitrogens with two attached hydrogens (primary N) is 1. The molecule has 8 heteroatoms. The molecule has 0 unspecified atom stereocenters. The predicted octanol–water partition coefficient (Wildman–Crippen LogP) is 3.34. The van der Waals surface area contributed by atoms with Crippen LogP contribution in [-0.4, -0.2) is 11.1 Å². The van der Waals surface area contributed by atoms with Crippen LogP contribution >= 0.6 is 0 Å². The van der Waals surface area contributed by atoms with E-state index in [4.69, 9.17) is 10.3 Å². The van der Waals surface area contributed by atoms with Crippen molar-refractivity contribution in [1.82, 2.24) is 5.16 Å². The Kier molecular flexibility index (Phi) is 5.28. The number of nitrogens with one attached hydrogen (secondary N) is 1. The van der Waals surface area contributed by atoms with Crippen molar-refractivity contribution in [2.75, 3.05) is 5.32 Å². The van der Waals surface area contributed by atoms with Gasteiger partial charge < -0.3 is 15.6 Å². The van der Waals surface area contributed by atoms with Gasteiger partial charge in [0.2, 0.25) is 5.91 Å². The van der Waals surface area contributed by atoms with Gasteiger partial charge in [0.1, 0.15) is 5.76 Å². The van der Waals surface area contributed by atoms with Crippen LogP contribution in [0.15, 0.2) is 22.7 Å². The molecule has 0 saturated carbocycles. The van der Waals surface area contributed by atoms with Crippen LogP contribution in [0.2, 0.25) is 0 Å². The molecule has 1 aromatic heterocycles. The smallest absolute Gasteiger partial charge is 0.361 e. The molecule has 0 aliphatic rings. The molecule has 0 atom stereocenters. The summed E-state index contributed by atoms with van der Waals surface area (Å²) in [5.41, 5.74) is 6.48.